The summed E-state index contributed by atoms with van der Waals surface area (Å²) in [5.41, 5.74) is -0.945. The molecule has 0 amide bonds. The molecule has 1 aromatic rings. The van der Waals surface area contributed by atoms with E-state index in [1.165, 1.54) is 0 Å². The molecular weight excluding hydrogens is 249 g/mol. The average Bonchev–Trinajstić information content (AvgIpc) is 2.32. The van der Waals surface area contributed by atoms with Crippen LogP contribution in [0, 0.1) is 17.5 Å². The van der Waals surface area contributed by atoms with Crippen LogP contribution in [0.4, 0.5) is 13.2 Å². The fourth-order valence-corrected chi connectivity index (χ4v) is 1.39. The molecule has 0 heterocycles. The summed E-state index contributed by atoms with van der Waals surface area (Å²) in [6.45, 7) is 1.94. The number of hydrogen-bond acceptors (Lipinski definition) is 2. The van der Waals surface area contributed by atoms with Crippen LogP contribution in [-0.4, -0.2) is 17.7 Å². The van der Waals surface area contributed by atoms with Crippen molar-refractivity contribution in [2.75, 3.05) is 6.61 Å². The van der Waals surface area contributed by atoms with Gasteiger partial charge in [-0.3, -0.25) is 0 Å². The first-order valence-corrected chi connectivity index (χ1v) is 5.52. The van der Waals surface area contributed by atoms with Gasteiger partial charge in [0.25, 0.3) is 0 Å². The highest BCUT2D eigenvalue weighted by Crippen LogP contribution is 2.27. The van der Waals surface area contributed by atoms with Crippen LogP contribution in [0.15, 0.2) is 6.07 Å². The van der Waals surface area contributed by atoms with Crippen molar-refractivity contribution in [1.82, 2.24) is 0 Å². The molecule has 0 aliphatic rings. The number of benzene rings is 1. The van der Waals surface area contributed by atoms with E-state index in [0.717, 1.165) is 12.8 Å². The van der Waals surface area contributed by atoms with E-state index in [1.807, 2.05) is 6.92 Å². The van der Waals surface area contributed by atoms with Gasteiger partial charge in [0.1, 0.15) is 5.56 Å². The minimum atomic E-state index is -1.68. The predicted molar refractivity (Wildman–Crippen MR) is 58.3 cm³/mol. The molecule has 1 N–H and O–H groups in total. The Balaban J connectivity index is 2.98. The first kappa shape index (κ1) is 14.3. The molecule has 0 aliphatic carbocycles. The topological polar surface area (TPSA) is 46.5 Å². The first-order chi connectivity index (χ1) is 8.49. The maximum atomic E-state index is 13.6. The average molecular weight is 262 g/mol. The normalized spacial score (nSPS) is 10.4. The van der Waals surface area contributed by atoms with Gasteiger partial charge in [-0.25, -0.2) is 13.6 Å². The van der Waals surface area contributed by atoms with Crippen LogP contribution in [0.5, 0.6) is 5.75 Å². The lowest BCUT2D eigenvalue weighted by molar-refractivity contribution is 0.0689. The van der Waals surface area contributed by atoms with Crippen molar-refractivity contribution < 1.29 is 27.8 Å². The molecule has 0 atom stereocenters. The van der Waals surface area contributed by atoms with Crippen molar-refractivity contribution in [3.05, 3.63) is 29.1 Å². The van der Waals surface area contributed by atoms with Crippen molar-refractivity contribution in [2.45, 2.75) is 26.2 Å². The van der Waals surface area contributed by atoms with Crippen molar-refractivity contribution in [3.8, 4) is 5.75 Å². The van der Waals surface area contributed by atoms with Gasteiger partial charge in [-0.1, -0.05) is 19.8 Å². The molecular formula is C12H13F3O3. The summed E-state index contributed by atoms with van der Waals surface area (Å²) in [6, 6.07) is 0.298. The zero-order valence-corrected chi connectivity index (χ0v) is 9.80. The SMILES string of the molecule is CCCCCOc1c(F)c(F)cc(C(=O)O)c1F. The molecule has 1 rings (SSSR count). The van der Waals surface area contributed by atoms with Crippen molar-refractivity contribution in [1.29, 1.82) is 0 Å². The van der Waals surface area contributed by atoms with E-state index in [2.05, 4.69) is 0 Å². The van der Waals surface area contributed by atoms with Crippen LogP contribution in [0.1, 0.15) is 36.5 Å². The van der Waals surface area contributed by atoms with Gasteiger partial charge in [0.15, 0.2) is 17.4 Å². The lowest BCUT2D eigenvalue weighted by Crippen LogP contribution is -2.09. The van der Waals surface area contributed by atoms with Crippen LogP contribution < -0.4 is 4.74 Å². The summed E-state index contributed by atoms with van der Waals surface area (Å²) in [4.78, 5) is 10.6. The highest BCUT2D eigenvalue weighted by Gasteiger charge is 2.23. The van der Waals surface area contributed by atoms with Gasteiger partial charge in [-0.15, -0.1) is 0 Å². The molecule has 0 fully saturated rings. The van der Waals surface area contributed by atoms with Crippen molar-refractivity contribution in [3.63, 3.8) is 0 Å². The van der Waals surface area contributed by atoms with E-state index in [4.69, 9.17) is 9.84 Å². The number of rotatable bonds is 6. The van der Waals surface area contributed by atoms with E-state index < -0.39 is 34.7 Å². The molecule has 0 radical (unpaired) electrons. The Morgan fingerprint density at radius 1 is 1.28 bits per heavy atom. The Morgan fingerprint density at radius 3 is 2.50 bits per heavy atom. The number of carboxylic acid groups (broad SMARTS) is 1. The quantitative estimate of drug-likeness (QED) is 0.631. The third-order valence-corrected chi connectivity index (χ3v) is 2.34. The Bertz CT molecular complexity index is 447. The molecule has 18 heavy (non-hydrogen) atoms. The summed E-state index contributed by atoms with van der Waals surface area (Å²) in [6.07, 6.45) is 2.23. The molecule has 0 aliphatic heterocycles. The highest BCUT2D eigenvalue weighted by molar-refractivity contribution is 5.88. The molecule has 0 spiro atoms. The molecule has 0 saturated carbocycles. The second kappa shape index (κ2) is 6.28. The number of carbonyl (C=O) groups is 1. The van der Waals surface area contributed by atoms with Crippen LogP contribution in [0.2, 0.25) is 0 Å². The Morgan fingerprint density at radius 2 is 1.94 bits per heavy atom. The Hall–Kier alpha value is -1.72. The lowest BCUT2D eigenvalue weighted by Gasteiger charge is -2.10. The van der Waals surface area contributed by atoms with Gasteiger partial charge in [-0.05, 0) is 12.5 Å². The molecule has 3 nitrogen and oxygen atoms in total. The zero-order chi connectivity index (χ0) is 13.7. The monoisotopic (exact) mass is 262 g/mol. The minimum Gasteiger partial charge on any atom is -0.488 e. The summed E-state index contributed by atoms with van der Waals surface area (Å²) >= 11 is 0. The fourth-order valence-electron chi connectivity index (χ4n) is 1.39. The third-order valence-electron chi connectivity index (χ3n) is 2.34. The van der Waals surface area contributed by atoms with Gasteiger partial charge >= 0.3 is 5.97 Å². The number of halogens is 3. The number of hydrogen-bond donors (Lipinski definition) is 1. The van der Waals surface area contributed by atoms with Gasteiger partial charge < -0.3 is 9.84 Å². The number of carboxylic acids is 1. The van der Waals surface area contributed by atoms with E-state index in [0.29, 0.717) is 12.5 Å². The highest BCUT2D eigenvalue weighted by atomic mass is 19.2. The number of unbranched alkanes of at least 4 members (excludes halogenated alkanes) is 2. The summed E-state index contributed by atoms with van der Waals surface area (Å²) in [5.74, 6) is -6.99. The summed E-state index contributed by atoms with van der Waals surface area (Å²) < 4.78 is 44.7. The third kappa shape index (κ3) is 3.15. The molecule has 6 heteroatoms. The molecule has 1 aromatic carbocycles. The van der Waals surface area contributed by atoms with E-state index in [9.17, 15) is 18.0 Å². The standard InChI is InChI=1S/C12H13F3O3/c1-2-3-4-5-18-11-9(14)7(12(16)17)6-8(13)10(11)15/h6H,2-5H2,1H3,(H,16,17). The van der Waals surface area contributed by atoms with E-state index in [-0.39, 0.29) is 6.61 Å². The van der Waals surface area contributed by atoms with Crippen LogP contribution in [-0.2, 0) is 0 Å². The van der Waals surface area contributed by atoms with Crippen molar-refractivity contribution >= 4 is 5.97 Å². The molecule has 0 saturated heterocycles. The van der Waals surface area contributed by atoms with E-state index >= 15 is 0 Å². The maximum absolute atomic E-state index is 13.6. The second-order valence-corrected chi connectivity index (χ2v) is 3.72. The molecule has 100 valence electrons. The zero-order valence-electron chi connectivity index (χ0n) is 9.80. The molecule has 0 aromatic heterocycles. The van der Waals surface area contributed by atoms with Crippen LogP contribution in [0.25, 0.3) is 0 Å². The predicted octanol–water partition coefficient (Wildman–Crippen LogP) is 3.37. The smallest absolute Gasteiger partial charge is 0.338 e. The van der Waals surface area contributed by atoms with Gasteiger partial charge in [-0.2, -0.15) is 4.39 Å². The second-order valence-electron chi connectivity index (χ2n) is 3.72. The van der Waals surface area contributed by atoms with Gasteiger partial charge in [0, 0.05) is 0 Å². The van der Waals surface area contributed by atoms with E-state index in [1.54, 1.807) is 0 Å². The number of ether oxygens (including phenoxy) is 1. The Kier molecular flexibility index (Phi) is 5.00. The van der Waals surface area contributed by atoms with Gasteiger partial charge in [0.05, 0.1) is 6.61 Å². The first-order valence-electron chi connectivity index (χ1n) is 5.52. The summed E-state index contributed by atoms with van der Waals surface area (Å²) in [7, 11) is 0. The molecule has 0 bridgehead atoms. The minimum absolute atomic E-state index is 0.00416. The Labute approximate surface area is 102 Å². The maximum Gasteiger partial charge on any atom is 0.338 e. The van der Waals surface area contributed by atoms with Crippen molar-refractivity contribution in [2.24, 2.45) is 0 Å². The molecule has 0 unspecified atom stereocenters. The largest absolute Gasteiger partial charge is 0.488 e. The summed E-state index contributed by atoms with van der Waals surface area (Å²) in [5, 5.41) is 8.63. The fraction of sp³-hybridized carbons (Fsp3) is 0.417. The van der Waals surface area contributed by atoms with Crippen LogP contribution >= 0.6 is 0 Å². The van der Waals surface area contributed by atoms with Gasteiger partial charge in [0.2, 0.25) is 5.82 Å². The van der Waals surface area contributed by atoms with Crippen LogP contribution in [0.3, 0.4) is 0 Å². The lowest BCUT2D eigenvalue weighted by atomic mass is 10.2. The number of aromatic carboxylic acids is 1.